The van der Waals surface area contributed by atoms with Crippen LogP contribution in [0.15, 0.2) is 35.1 Å². The number of amides is 1. The third-order valence-corrected chi connectivity index (χ3v) is 4.92. The first-order valence-electron chi connectivity index (χ1n) is 8.13. The summed E-state index contributed by atoms with van der Waals surface area (Å²) < 4.78 is 13.1. The highest BCUT2D eigenvalue weighted by molar-refractivity contribution is 9.10. The summed E-state index contributed by atoms with van der Waals surface area (Å²) in [6.07, 6.45) is 4.22. The number of ether oxygens (including phenoxy) is 2. The lowest BCUT2D eigenvalue weighted by Gasteiger charge is -2.29. The van der Waals surface area contributed by atoms with E-state index in [-0.39, 0.29) is 5.91 Å². The third kappa shape index (κ3) is 2.90. The van der Waals surface area contributed by atoms with Gasteiger partial charge in [-0.2, -0.15) is 5.10 Å². The molecule has 0 radical (unpaired) electrons. The fourth-order valence-electron chi connectivity index (χ4n) is 3.18. The van der Waals surface area contributed by atoms with Crippen LogP contribution < -0.4 is 9.47 Å². The fourth-order valence-corrected chi connectivity index (χ4v) is 3.47. The molecule has 0 aliphatic carbocycles. The summed E-state index contributed by atoms with van der Waals surface area (Å²) in [5, 5.41) is 4.35. The van der Waals surface area contributed by atoms with E-state index in [1.165, 1.54) is 5.56 Å². The van der Waals surface area contributed by atoms with Crippen molar-refractivity contribution < 1.29 is 14.3 Å². The first-order valence-corrected chi connectivity index (χ1v) is 8.92. The van der Waals surface area contributed by atoms with E-state index in [0.29, 0.717) is 35.9 Å². The van der Waals surface area contributed by atoms with Crippen molar-refractivity contribution in [2.75, 3.05) is 20.8 Å². The van der Waals surface area contributed by atoms with Gasteiger partial charge in [0.05, 0.1) is 18.7 Å². The van der Waals surface area contributed by atoms with E-state index in [9.17, 15) is 4.79 Å². The maximum atomic E-state index is 12.9. The number of aromatic nitrogens is 3. The number of halogens is 1. The maximum Gasteiger partial charge on any atom is 0.274 e. The summed E-state index contributed by atoms with van der Waals surface area (Å²) in [6, 6.07) is 5.64. The number of nitrogens with zero attached hydrogens (tertiary/aromatic N) is 4. The average molecular weight is 417 g/mol. The molecular weight excluding hydrogens is 400 g/mol. The second-order valence-electron chi connectivity index (χ2n) is 6.06. The number of hydrogen-bond acceptors (Lipinski definition) is 5. The van der Waals surface area contributed by atoms with Crippen molar-refractivity contribution in [3.8, 4) is 11.5 Å². The highest BCUT2D eigenvalue weighted by Gasteiger charge is 2.25. The van der Waals surface area contributed by atoms with Crippen molar-refractivity contribution >= 4 is 27.5 Å². The molecule has 1 aliphatic rings. The average Bonchev–Trinajstić information content (AvgIpc) is 3.08. The van der Waals surface area contributed by atoms with Crippen molar-refractivity contribution in [1.29, 1.82) is 0 Å². The molecule has 0 bridgehead atoms. The van der Waals surface area contributed by atoms with Crippen LogP contribution in [0.25, 0.3) is 5.65 Å². The van der Waals surface area contributed by atoms with E-state index in [1.807, 2.05) is 12.1 Å². The number of hydrogen-bond donors (Lipinski definition) is 0. The van der Waals surface area contributed by atoms with Gasteiger partial charge in [-0.05, 0) is 45.6 Å². The lowest BCUT2D eigenvalue weighted by Crippen LogP contribution is -2.36. The van der Waals surface area contributed by atoms with Crippen LogP contribution in [0.3, 0.4) is 0 Å². The molecule has 0 N–H and O–H groups in total. The van der Waals surface area contributed by atoms with Gasteiger partial charge < -0.3 is 14.4 Å². The summed E-state index contributed by atoms with van der Waals surface area (Å²) in [7, 11) is 3.23. The molecule has 7 nitrogen and oxygen atoms in total. The highest BCUT2D eigenvalue weighted by atomic mass is 79.9. The summed E-state index contributed by atoms with van der Waals surface area (Å²) in [6.45, 7) is 1.14. The molecule has 8 heteroatoms. The Morgan fingerprint density at radius 2 is 1.88 bits per heavy atom. The molecule has 3 aromatic rings. The van der Waals surface area contributed by atoms with Crippen LogP contribution in [-0.2, 0) is 13.0 Å². The van der Waals surface area contributed by atoms with Gasteiger partial charge in [-0.3, -0.25) is 4.79 Å². The molecule has 0 saturated heterocycles. The summed E-state index contributed by atoms with van der Waals surface area (Å²) in [5.41, 5.74) is 3.26. The van der Waals surface area contributed by atoms with Crippen molar-refractivity contribution in [3.63, 3.8) is 0 Å². The van der Waals surface area contributed by atoms with E-state index < -0.39 is 0 Å². The van der Waals surface area contributed by atoms with Crippen LogP contribution in [0.4, 0.5) is 0 Å². The number of carbonyl (C=O) groups excluding carboxylic acids is 1. The fraction of sp³-hybridized carbons (Fsp3) is 0.278. The maximum absolute atomic E-state index is 12.9. The van der Waals surface area contributed by atoms with E-state index >= 15 is 0 Å². The Hall–Kier alpha value is -2.61. The van der Waals surface area contributed by atoms with Crippen LogP contribution in [0, 0.1) is 0 Å². The Morgan fingerprint density at radius 3 is 2.62 bits per heavy atom. The van der Waals surface area contributed by atoms with Gasteiger partial charge in [0.25, 0.3) is 5.91 Å². The Labute approximate surface area is 158 Å². The Morgan fingerprint density at radius 1 is 1.15 bits per heavy atom. The van der Waals surface area contributed by atoms with E-state index in [0.717, 1.165) is 16.5 Å². The molecule has 2 aromatic heterocycles. The third-order valence-electron chi connectivity index (χ3n) is 4.51. The molecule has 0 saturated carbocycles. The van der Waals surface area contributed by atoms with Gasteiger partial charge >= 0.3 is 0 Å². The SMILES string of the molecule is COc1cc2c(cc1OC)CN(C(=O)c1cc3ncc(Br)cn3n1)CC2. The predicted molar refractivity (Wildman–Crippen MR) is 98.7 cm³/mol. The van der Waals surface area contributed by atoms with E-state index in [4.69, 9.17) is 9.47 Å². The first kappa shape index (κ1) is 16.8. The minimum absolute atomic E-state index is 0.105. The molecule has 1 aromatic carbocycles. The second kappa shape index (κ2) is 6.60. The van der Waals surface area contributed by atoms with Crippen LogP contribution in [-0.4, -0.2) is 46.2 Å². The zero-order chi connectivity index (χ0) is 18.3. The van der Waals surface area contributed by atoms with Crippen molar-refractivity contribution in [3.05, 3.63) is 51.9 Å². The van der Waals surface area contributed by atoms with Gasteiger partial charge in [0, 0.05) is 31.5 Å². The number of fused-ring (bicyclic) bond motifs is 2. The molecule has 1 aliphatic heterocycles. The number of methoxy groups -OCH3 is 2. The van der Waals surface area contributed by atoms with Crippen molar-refractivity contribution in [2.24, 2.45) is 0 Å². The monoisotopic (exact) mass is 416 g/mol. The molecule has 0 atom stereocenters. The minimum atomic E-state index is -0.105. The lowest BCUT2D eigenvalue weighted by molar-refractivity contribution is 0.0728. The largest absolute Gasteiger partial charge is 0.493 e. The number of rotatable bonds is 3. The minimum Gasteiger partial charge on any atom is -0.493 e. The predicted octanol–water partition coefficient (Wildman–Crippen LogP) is 2.71. The van der Waals surface area contributed by atoms with Crippen molar-refractivity contribution in [2.45, 2.75) is 13.0 Å². The Kier molecular flexibility index (Phi) is 4.28. The van der Waals surface area contributed by atoms with Gasteiger partial charge in [0.1, 0.15) is 0 Å². The molecule has 0 fully saturated rings. The van der Waals surface area contributed by atoms with E-state index in [2.05, 4.69) is 26.0 Å². The van der Waals surface area contributed by atoms with Gasteiger partial charge in [0.2, 0.25) is 0 Å². The van der Waals surface area contributed by atoms with Crippen LogP contribution >= 0.6 is 15.9 Å². The van der Waals surface area contributed by atoms with Crippen molar-refractivity contribution in [1.82, 2.24) is 19.5 Å². The van der Waals surface area contributed by atoms with Crippen LogP contribution in [0.2, 0.25) is 0 Å². The van der Waals surface area contributed by atoms with Gasteiger partial charge in [-0.15, -0.1) is 0 Å². The summed E-state index contributed by atoms with van der Waals surface area (Å²) in [4.78, 5) is 19.0. The molecule has 0 unspecified atom stereocenters. The Bertz CT molecular complexity index is 1000. The molecule has 26 heavy (non-hydrogen) atoms. The Balaban J connectivity index is 1.62. The molecular formula is C18H17BrN4O3. The quantitative estimate of drug-likeness (QED) is 0.656. The first-order chi connectivity index (χ1) is 12.6. The van der Waals surface area contributed by atoms with Gasteiger partial charge in [0.15, 0.2) is 22.8 Å². The molecule has 3 heterocycles. The topological polar surface area (TPSA) is 69.0 Å². The summed E-state index contributed by atoms with van der Waals surface area (Å²) >= 11 is 3.36. The number of carbonyl (C=O) groups is 1. The molecule has 134 valence electrons. The van der Waals surface area contributed by atoms with Gasteiger partial charge in [-0.1, -0.05) is 0 Å². The van der Waals surface area contributed by atoms with Gasteiger partial charge in [-0.25, -0.2) is 9.50 Å². The van der Waals surface area contributed by atoms with E-state index in [1.54, 1.807) is 42.1 Å². The molecule has 0 spiro atoms. The lowest BCUT2D eigenvalue weighted by atomic mass is 9.98. The van der Waals surface area contributed by atoms with Crippen LogP contribution in [0.5, 0.6) is 11.5 Å². The second-order valence-corrected chi connectivity index (χ2v) is 6.97. The number of benzene rings is 1. The normalized spacial score (nSPS) is 13.6. The zero-order valence-corrected chi connectivity index (χ0v) is 16.0. The molecule has 1 amide bonds. The summed E-state index contributed by atoms with van der Waals surface area (Å²) in [5.74, 6) is 1.28. The van der Waals surface area contributed by atoms with Crippen LogP contribution in [0.1, 0.15) is 21.6 Å². The molecule has 4 rings (SSSR count). The standard InChI is InChI=1S/C18H17BrN4O3/c1-25-15-5-11-3-4-22(9-12(11)6-16(15)26-2)18(24)14-7-17-20-8-13(19)10-23(17)21-14/h5-8,10H,3-4,9H2,1-2H3. The highest BCUT2D eigenvalue weighted by Crippen LogP contribution is 2.33. The smallest absolute Gasteiger partial charge is 0.274 e. The zero-order valence-electron chi connectivity index (χ0n) is 14.4.